The van der Waals surface area contributed by atoms with E-state index in [9.17, 15) is 23.5 Å². The fraction of sp³-hybridized carbons (Fsp3) is 0.222. The zero-order valence-electron chi connectivity index (χ0n) is 12.7. The summed E-state index contributed by atoms with van der Waals surface area (Å²) in [4.78, 5) is 25.0. The van der Waals surface area contributed by atoms with Gasteiger partial charge in [-0.05, 0) is 42.2 Å². The number of benzene rings is 2. The highest BCUT2D eigenvalue weighted by atomic mass is 19.1. The maximum absolute atomic E-state index is 13.9. The van der Waals surface area contributed by atoms with Crippen molar-refractivity contribution in [1.82, 2.24) is 4.90 Å². The second-order valence-electron chi connectivity index (χ2n) is 5.65. The van der Waals surface area contributed by atoms with Crippen molar-refractivity contribution in [3.05, 3.63) is 64.7 Å². The van der Waals surface area contributed by atoms with Gasteiger partial charge in [0.15, 0.2) is 0 Å². The van der Waals surface area contributed by atoms with E-state index in [1.54, 1.807) is 12.1 Å². The van der Waals surface area contributed by atoms with Gasteiger partial charge >= 0.3 is 0 Å². The van der Waals surface area contributed by atoms with Crippen LogP contribution in [0.25, 0.3) is 0 Å². The number of fused-ring (bicyclic) bond motifs is 1. The lowest BCUT2D eigenvalue weighted by Crippen LogP contribution is -2.35. The summed E-state index contributed by atoms with van der Waals surface area (Å²) in [5.41, 5.74) is 0.783. The Balaban J connectivity index is 2.01. The van der Waals surface area contributed by atoms with Crippen LogP contribution in [0.4, 0.5) is 8.78 Å². The molecule has 4 nitrogen and oxygen atoms in total. The van der Waals surface area contributed by atoms with E-state index in [1.807, 2.05) is 0 Å². The smallest absolute Gasteiger partial charge is 0.258 e. The zero-order valence-corrected chi connectivity index (χ0v) is 12.7. The Labute approximate surface area is 137 Å². The van der Waals surface area contributed by atoms with Crippen LogP contribution < -0.4 is 0 Å². The van der Waals surface area contributed by atoms with E-state index in [0.29, 0.717) is 30.3 Å². The van der Waals surface area contributed by atoms with Crippen molar-refractivity contribution in [3.63, 3.8) is 0 Å². The van der Waals surface area contributed by atoms with Crippen LogP contribution in [0.3, 0.4) is 0 Å². The maximum atomic E-state index is 13.9. The molecular formula is C18H15F2NO3. The Morgan fingerprint density at radius 3 is 2.75 bits per heavy atom. The summed E-state index contributed by atoms with van der Waals surface area (Å²) < 4.78 is 27.5. The topological polar surface area (TPSA) is 57.6 Å². The number of halogens is 2. The fourth-order valence-electron chi connectivity index (χ4n) is 3.19. The molecule has 0 radical (unpaired) electrons. The zero-order chi connectivity index (χ0) is 17.3. The van der Waals surface area contributed by atoms with Gasteiger partial charge < -0.3 is 14.8 Å². The molecule has 0 heterocycles. The van der Waals surface area contributed by atoms with Gasteiger partial charge in [-0.3, -0.25) is 4.79 Å². The number of phenolic OH excluding ortho intramolecular Hbond substituents is 1. The molecule has 2 aromatic carbocycles. The van der Waals surface area contributed by atoms with Crippen molar-refractivity contribution in [2.45, 2.75) is 18.9 Å². The third kappa shape index (κ3) is 2.75. The van der Waals surface area contributed by atoms with Crippen LogP contribution in [0.1, 0.15) is 33.9 Å². The Kier molecular flexibility index (Phi) is 4.29. The first kappa shape index (κ1) is 16.1. The van der Waals surface area contributed by atoms with Gasteiger partial charge in [0.05, 0.1) is 18.2 Å². The highest BCUT2D eigenvalue weighted by Crippen LogP contribution is 2.38. The molecule has 0 saturated heterocycles. The van der Waals surface area contributed by atoms with Gasteiger partial charge in [-0.2, -0.15) is 0 Å². The van der Waals surface area contributed by atoms with E-state index in [2.05, 4.69) is 0 Å². The van der Waals surface area contributed by atoms with Crippen LogP contribution in [0.15, 0.2) is 36.4 Å². The van der Waals surface area contributed by atoms with Crippen LogP contribution >= 0.6 is 0 Å². The SMILES string of the molecule is O=CCN(C(=O)c1ccccc1O)C1CCc2c(F)cc(F)cc21. The van der Waals surface area contributed by atoms with Crippen molar-refractivity contribution in [2.24, 2.45) is 0 Å². The van der Waals surface area contributed by atoms with Gasteiger partial charge in [0.2, 0.25) is 0 Å². The van der Waals surface area contributed by atoms with Crippen LogP contribution in [0.5, 0.6) is 5.75 Å². The number of hydrogen-bond acceptors (Lipinski definition) is 3. The number of nitrogens with zero attached hydrogens (tertiary/aromatic N) is 1. The molecule has 0 fully saturated rings. The van der Waals surface area contributed by atoms with Crippen LogP contribution in [0.2, 0.25) is 0 Å². The van der Waals surface area contributed by atoms with Gasteiger partial charge in [0.25, 0.3) is 5.91 Å². The molecule has 1 unspecified atom stereocenters. The lowest BCUT2D eigenvalue weighted by atomic mass is 10.0. The molecule has 1 aliphatic carbocycles. The van der Waals surface area contributed by atoms with Crippen LogP contribution in [-0.4, -0.2) is 28.7 Å². The average molecular weight is 331 g/mol. The third-order valence-corrected chi connectivity index (χ3v) is 4.26. The lowest BCUT2D eigenvalue weighted by Gasteiger charge is -2.28. The Bertz CT molecular complexity index is 807. The number of hydrogen-bond donors (Lipinski definition) is 1. The van der Waals surface area contributed by atoms with Crippen molar-refractivity contribution in [2.75, 3.05) is 6.54 Å². The molecule has 0 saturated carbocycles. The molecule has 0 aromatic heterocycles. The number of carbonyl (C=O) groups excluding carboxylic acids is 2. The number of para-hydroxylation sites is 1. The van der Waals surface area contributed by atoms with E-state index in [-0.39, 0.29) is 17.9 Å². The normalized spacial score (nSPS) is 15.8. The molecule has 1 N–H and O–H groups in total. The minimum Gasteiger partial charge on any atom is -0.507 e. The average Bonchev–Trinajstić information content (AvgIpc) is 2.96. The van der Waals surface area contributed by atoms with Gasteiger partial charge in [-0.1, -0.05) is 12.1 Å². The molecule has 6 heteroatoms. The summed E-state index contributed by atoms with van der Waals surface area (Å²) in [6.45, 7) is -0.227. The van der Waals surface area contributed by atoms with Crippen LogP contribution in [0, 0.1) is 11.6 Å². The molecule has 0 spiro atoms. The first-order valence-corrected chi connectivity index (χ1v) is 7.53. The van der Waals surface area contributed by atoms with Crippen LogP contribution in [-0.2, 0) is 11.2 Å². The first-order valence-electron chi connectivity index (χ1n) is 7.53. The Hall–Kier alpha value is -2.76. The summed E-state index contributed by atoms with van der Waals surface area (Å²) in [6.07, 6.45) is 1.31. The van der Waals surface area contributed by atoms with Crippen molar-refractivity contribution in [1.29, 1.82) is 0 Å². The first-order chi connectivity index (χ1) is 11.5. The molecule has 2 aromatic rings. The Morgan fingerprint density at radius 1 is 1.29 bits per heavy atom. The largest absolute Gasteiger partial charge is 0.507 e. The second-order valence-corrected chi connectivity index (χ2v) is 5.65. The van der Waals surface area contributed by atoms with E-state index < -0.39 is 23.6 Å². The van der Waals surface area contributed by atoms with Gasteiger partial charge in [0.1, 0.15) is 23.7 Å². The predicted molar refractivity (Wildman–Crippen MR) is 82.6 cm³/mol. The molecule has 24 heavy (non-hydrogen) atoms. The number of aromatic hydroxyl groups is 1. The van der Waals surface area contributed by atoms with Gasteiger partial charge in [-0.15, -0.1) is 0 Å². The minimum atomic E-state index is -0.723. The van der Waals surface area contributed by atoms with Gasteiger partial charge in [-0.25, -0.2) is 8.78 Å². The predicted octanol–water partition coefficient (Wildman–Crippen LogP) is 3.00. The van der Waals surface area contributed by atoms with Gasteiger partial charge in [0, 0.05) is 6.07 Å². The fourth-order valence-corrected chi connectivity index (χ4v) is 3.19. The molecule has 124 valence electrons. The molecule has 1 aliphatic rings. The molecular weight excluding hydrogens is 316 g/mol. The summed E-state index contributed by atoms with van der Waals surface area (Å²) in [7, 11) is 0. The maximum Gasteiger partial charge on any atom is 0.258 e. The number of carbonyl (C=O) groups is 2. The summed E-state index contributed by atoms with van der Waals surface area (Å²) >= 11 is 0. The second kappa shape index (κ2) is 6.39. The quantitative estimate of drug-likeness (QED) is 0.876. The Morgan fingerprint density at radius 2 is 2.04 bits per heavy atom. The minimum absolute atomic E-state index is 0.0460. The van der Waals surface area contributed by atoms with Crippen molar-refractivity contribution >= 4 is 12.2 Å². The number of aldehydes is 1. The number of rotatable bonds is 4. The molecule has 0 bridgehead atoms. The highest BCUT2D eigenvalue weighted by molar-refractivity contribution is 5.98. The monoisotopic (exact) mass is 331 g/mol. The summed E-state index contributed by atoms with van der Waals surface area (Å²) in [5, 5.41) is 9.87. The third-order valence-electron chi connectivity index (χ3n) is 4.26. The van der Waals surface area contributed by atoms with E-state index in [1.165, 1.54) is 23.1 Å². The highest BCUT2D eigenvalue weighted by Gasteiger charge is 2.34. The number of amides is 1. The van der Waals surface area contributed by atoms with E-state index in [4.69, 9.17) is 0 Å². The standard InChI is InChI=1S/C18H15F2NO3/c19-11-9-14-12(15(20)10-11)5-6-16(14)21(7-8-22)18(24)13-3-1-2-4-17(13)23/h1-4,8-10,16,23H,5-7H2. The summed E-state index contributed by atoms with van der Waals surface area (Å²) in [5.74, 6) is -2.13. The van der Waals surface area contributed by atoms with Crippen molar-refractivity contribution in [3.8, 4) is 5.75 Å². The molecule has 1 atom stereocenters. The number of phenols is 1. The van der Waals surface area contributed by atoms with E-state index >= 15 is 0 Å². The molecule has 1 amide bonds. The van der Waals surface area contributed by atoms with E-state index in [0.717, 1.165) is 6.07 Å². The lowest BCUT2D eigenvalue weighted by molar-refractivity contribution is -0.108. The molecule has 3 rings (SSSR count). The molecule has 0 aliphatic heterocycles. The van der Waals surface area contributed by atoms with Crippen molar-refractivity contribution < 1.29 is 23.5 Å². The summed E-state index contributed by atoms with van der Waals surface area (Å²) in [6, 6.07) is 7.38.